The van der Waals surface area contributed by atoms with Crippen LogP contribution in [-0.2, 0) is 20.9 Å². The maximum atomic E-state index is 12.9. The smallest absolute Gasteiger partial charge is 0.312 e. The van der Waals surface area contributed by atoms with Crippen LogP contribution in [0.1, 0.15) is 51.5 Å². The number of hydrogen-bond donors (Lipinski definition) is 1. The number of nitrogens with one attached hydrogen (secondary N) is 1. The van der Waals surface area contributed by atoms with Crippen LogP contribution in [0.15, 0.2) is 42.5 Å². The minimum Gasteiger partial charge on any atom is -0.460 e. The molecule has 26 heavy (non-hydrogen) atoms. The molecular formula is C22H27NO3. The van der Waals surface area contributed by atoms with Crippen molar-refractivity contribution in [1.29, 1.82) is 0 Å². The first kappa shape index (κ1) is 18.4. The van der Waals surface area contributed by atoms with E-state index in [0.29, 0.717) is 0 Å². The predicted molar refractivity (Wildman–Crippen MR) is 103 cm³/mol. The number of carbonyl (C=O) groups is 2. The molecule has 1 fully saturated rings. The second-order valence-corrected chi connectivity index (χ2v) is 7.60. The summed E-state index contributed by atoms with van der Waals surface area (Å²) >= 11 is 0. The molecule has 0 aromatic heterocycles. The van der Waals surface area contributed by atoms with E-state index >= 15 is 0 Å². The van der Waals surface area contributed by atoms with Gasteiger partial charge in [-0.15, -0.1) is 0 Å². The van der Waals surface area contributed by atoms with Crippen LogP contribution in [0, 0.1) is 5.41 Å². The summed E-state index contributed by atoms with van der Waals surface area (Å²) in [7, 11) is 0. The van der Waals surface area contributed by atoms with Crippen LogP contribution in [0.25, 0.3) is 10.8 Å². The maximum absolute atomic E-state index is 12.9. The van der Waals surface area contributed by atoms with Crippen LogP contribution in [-0.4, -0.2) is 17.9 Å². The lowest BCUT2D eigenvalue weighted by molar-refractivity contribution is -0.159. The van der Waals surface area contributed by atoms with Crippen molar-refractivity contribution in [2.45, 2.75) is 58.6 Å². The molecule has 0 heterocycles. The third-order valence-electron chi connectivity index (χ3n) is 5.18. The Hall–Kier alpha value is -2.36. The van der Waals surface area contributed by atoms with Gasteiger partial charge >= 0.3 is 5.97 Å². The molecule has 4 heteroatoms. The van der Waals surface area contributed by atoms with E-state index in [0.717, 1.165) is 42.0 Å². The number of esters is 1. The lowest BCUT2D eigenvalue weighted by atomic mass is 9.82. The average Bonchev–Trinajstić information content (AvgIpc) is 3.08. The van der Waals surface area contributed by atoms with Crippen molar-refractivity contribution in [3.63, 3.8) is 0 Å². The summed E-state index contributed by atoms with van der Waals surface area (Å²) in [5.74, 6) is -0.300. The van der Waals surface area contributed by atoms with E-state index in [1.54, 1.807) is 0 Å². The molecule has 2 aromatic carbocycles. The Labute approximate surface area is 154 Å². The summed E-state index contributed by atoms with van der Waals surface area (Å²) < 4.78 is 5.71. The molecule has 0 unspecified atom stereocenters. The summed E-state index contributed by atoms with van der Waals surface area (Å²) in [6, 6.07) is 14.2. The van der Waals surface area contributed by atoms with Crippen molar-refractivity contribution < 1.29 is 14.3 Å². The highest BCUT2D eigenvalue weighted by molar-refractivity contribution is 5.87. The Kier molecular flexibility index (Phi) is 5.60. The van der Waals surface area contributed by atoms with Crippen molar-refractivity contribution in [1.82, 2.24) is 5.32 Å². The molecule has 1 aliphatic carbocycles. The zero-order valence-corrected chi connectivity index (χ0v) is 15.6. The van der Waals surface area contributed by atoms with E-state index < -0.39 is 5.41 Å². The van der Waals surface area contributed by atoms with Crippen LogP contribution in [0.5, 0.6) is 0 Å². The number of rotatable bonds is 6. The Morgan fingerprint density at radius 1 is 1.08 bits per heavy atom. The van der Waals surface area contributed by atoms with Crippen LogP contribution >= 0.6 is 0 Å². The molecule has 0 spiro atoms. The molecule has 138 valence electrons. The molecule has 1 amide bonds. The summed E-state index contributed by atoms with van der Waals surface area (Å²) in [5.41, 5.74) is 0.333. The third kappa shape index (κ3) is 4.06. The van der Waals surface area contributed by atoms with Gasteiger partial charge in [0.25, 0.3) is 0 Å². The van der Waals surface area contributed by atoms with Crippen molar-refractivity contribution in [3.8, 4) is 0 Å². The van der Waals surface area contributed by atoms with Crippen LogP contribution < -0.4 is 5.32 Å². The number of hydrogen-bond acceptors (Lipinski definition) is 3. The number of ether oxygens (including phenoxy) is 1. The normalized spacial score (nSPS) is 16.0. The molecule has 1 N–H and O–H groups in total. The van der Waals surface area contributed by atoms with E-state index in [2.05, 4.69) is 17.4 Å². The molecule has 1 saturated carbocycles. The van der Waals surface area contributed by atoms with Crippen molar-refractivity contribution in [2.24, 2.45) is 5.41 Å². The number of carbonyl (C=O) groups excluding carboxylic acids is 2. The topological polar surface area (TPSA) is 55.4 Å². The van der Waals surface area contributed by atoms with E-state index in [-0.39, 0.29) is 30.9 Å². The molecule has 1 aliphatic rings. The summed E-state index contributed by atoms with van der Waals surface area (Å²) in [5, 5.41) is 5.13. The molecule has 4 nitrogen and oxygen atoms in total. The van der Waals surface area contributed by atoms with E-state index in [9.17, 15) is 9.59 Å². The number of amides is 1. The van der Waals surface area contributed by atoms with Crippen molar-refractivity contribution in [2.75, 3.05) is 0 Å². The monoisotopic (exact) mass is 353 g/mol. The van der Waals surface area contributed by atoms with Gasteiger partial charge in [-0.2, -0.15) is 0 Å². The molecule has 3 rings (SSSR count). The van der Waals surface area contributed by atoms with Gasteiger partial charge in [0.1, 0.15) is 6.61 Å². The zero-order valence-electron chi connectivity index (χ0n) is 15.6. The van der Waals surface area contributed by atoms with Gasteiger partial charge in [0, 0.05) is 12.5 Å². The predicted octanol–water partition coefficient (Wildman–Crippen LogP) is 4.36. The SMILES string of the molecule is CC(C)NC(=O)CC1(C(=O)OCc2cccc3ccccc23)CCCC1. The second-order valence-electron chi connectivity index (χ2n) is 7.60. The number of benzene rings is 2. The number of fused-ring (bicyclic) bond motifs is 1. The Morgan fingerprint density at radius 3 is 2.50 bits per heavy atom. The van der Waals surface area contributed by atoms with Gasteiger partial charge in [-0.3, -0.25) is 9.59 Å². The fraction of sp³-hybridized carbons (Fsp3) is 0.455. The molecule has 0 radical (unpaired) electrons. The Morgan fingerprint density at radius 2 is 1.77 bits per heavy atom. The lowest BCUT2D eigenvalue weighted by Gasteiger charge is -2.26. The minimum atomic E-state index is -0.663. The molecule has 0 aliphatic heterocycles. The van der Waals surface area contributed by atoms with Crippen LogP contribution in [0.4, 0.5) is 0 Å². The summed E-state index contributed by atoms with van der Waals surface area (Å²) in [4.78, 5) is 25.1. The van der Waals surface area contributed by atoms with E-state index in [1.807, 2.05) is 44.2 Å². The lowest BCUT2D eigenvalue weighted by Crippen LogP contribution is -2.39. The molecule has 0 atom stereocenters. The summed E-state index contributed by atoms with van der Waals surface area (Å²) in [6.45, 7) is 4.10. The minimum absolute atomic E-state index is 0.0657. The fourth-order valence-electron chi connectivity index (χ4n) is 3.90. The fourth-order valence-corrected chi connectivity index (χ4v) is 3.90. The van der Waals surface area contributed by atoms with Gasteiger partial charge in [-0.05, 0) is 43.0 Å². The molecule has 0 saturated heterocycles. The first-order valence-corrected chi connectivity index (χ1v) is 9.43. The first-order valence-electron chi connectivity index (χ1n) is 9.43. The highest BCUT2D eigenvalue weighted by atomic mass is 16.5. The van der Waals surface area contributed by atoms with Gasteiger partial charge in [0.05, 0.1) is 5.41 Å². The zero-order chi connectivity index (χ0) is 18.6. The average molecular weight is 353 g/mol. The van der Waals surface area contributed by atoms with Gasteiger partial charge in [-0.25, -0.2) is 0 Å². The molecule has 2 aromatic rings. The Balaban J connectivity index is 1.71. The molecular weight excluding hydrogens is 326 g/mol. The van der Waals surface area contributed by atoms with Gasteiger partial charge in [-0.1, -0.05) is 55.3 Å². The van der Waals surface area contributed by atoms with Gasteiger partial charge in [0.15, 0.2) is 0 Å². The Bertz CT molecular complexity index is 786. The van der Waals surface area contributed by atoms with Crippen molar-refractivity contribution >= 4 is 22.6 Å². The van der Waals surface area contributed by atoms with Crippen LogP contribution in [0.3, 0.4) is 0 Å². The standard InChI is InChI=1S/C22H27NO3/c1-16(2)23-20(24)14-22(12-5-6-13-22)21(25)26-15-18-10-7-9-17-8-3-4-11-19(17)18/h3-4,7-11,16H,5-6,12-15H2,1-2H3,(H,23,24). The second kappa shape index (κ2) is 7.90. The first-order chi connectivity index (χ1) is 12.5. The maximum Gasteiger partial charge on any atom is 0.312 e. The molecule has 0 bridgehead atoms. The quantitative estimate of drug-likeness (QED) is 0.785. The largest absolute Gasteiger partial charge is 0.460 e. The van der Waals surface area contributed by atoms with Crippen LogP contribution in [0.2, 0.25) is 0 Å². The van der Waals surface area contributed by atoms with E-state index in [1.165, 1.54) is 0 Å². The van der Waals surface area contributed by atoms with E-state index in [4.69, 9.17) is 4.74 Å². The van der Waals surface area contributed by atoms with Crippen molar-refractivity contribution in [3.05, 3.63) is 48.0 Å². The summed E-state index contributed by atoms with van der Waals surface area (Å²) in [6.07, 6.45) is 3.62. The highest BCUT2D eigenvalue weighted by Gasteiger charge is 2.44. The van der Waals surface area contributed by atoms with Gasteiger partial charge < -0.3 is 10.1 Å². The third-order valence-corrected chi connectivity index (χ3v) is 5.18. The van der Waals surface area contributed by atoms with Gasteiger partial charge in [0.2, 0.25) is 5.91 Å². The highest BCUT2D eigenvalue weighted by Crippen LogP contribution is 2.42.